The maximum atomic E-state index is 13.4. The molecule has 13 heteroatoms. The first-order valence-electron chi connectivity index (χ1n) is 6.93. The molecule has 0 rings (SSSR count). The molecule has 0 radical (unpaired) electrons. The van der Waals surface area contributed by atoms with E-state index < -0.39 is 45.3 Å². The number of halogens is 9. The van der Waals surface area contributed by atoms with Crippen molar-refractivity contribution in [2.75, 3.05) is 25.4 Å². The molecule has 0 N–H and O–H groups in total. The Hall–Kier alpha value is -0.850. The highest BCUT2D eigenvalue weighted by atomic mass is 32.2. The number of alkyl halides is 9. The van der Waals surface area contributed by atoms with E-state index in [0.29, 0.717) is 6.54 Å². The van der Waals surface area contributed by atoms with Gasteiger partial charge in [-0.1, -0.05) is 6.92 Å². The number of nitrogens with zero attached hydrogens (tertiary/aromatic N) is 1. The maximum absolute atomic E-state index is 13.4. The number of unbranched alkanes of at least 4 members (excludes halogenated alkanes) is 1. The molecule has 0 unspecified atom stereocenters. The molecule has 0 aromatic carbocycles. The van der Waals surface area contributed by atoms with Gasteiger partial charge in [-0.15, -0.1) is 0 Å². The van der Waals surface area contributed by atoms with E-state index >= 15 is 0 Å². The van der Waals surface area contributed by atoms with Crippen molar-refractivity contribution in [1.82, 2.24) is 4.90 Å². The zero-order valence-electron chi connectivity index (χ0n) is 13.0. The largest absolute Gasteiger partial charge is 0.460 e. The smallest absolute Gasteiger partial charge is 0.266 e. The summed E-state index contributed by atoms with van der Waals surface area (Å²) in [5.74, 6) is -16.0. The summed E-state index contributed by atoms with van der Waals surface area (Å²) >= 11 is 0. The molecule has 0 aliphatic carbocycles. The molecule has 0 aliphatic rings. The van der Waals surface area contributed by atoms with Crippen molar-refractivity contribution in [1.29, 1.82) is 0 Å². The molecule has 0 bridgehead atoms. The van der Waals surface area contributed by atoms with E-state index in [2.05, 4.69) is 6.92 Å². The molecule has 3 nitrogen and oxygen atoms in total. The summed E-state index contributed by atoms with van der Waals surface area (Å²) in [7, 11) is -6.27. The number of sulfone groups is 1. The summed E-state index contributed by atoms with van der Waals surface area (Å²) < 4.78 is 137. The Labute approximate surface area is 139 Å². The van der Waals surface area contributed by atoms with Gasteiger partial charge in [0.2, 0.25) is 9.84 Å². The molecule has 25 heavy (non-hydrogen) atoms. The van der Waals surface area contributed by atoms with Gasteiger partial charge >= 0.3 is 23.3 Å². The second-order valence-electron chi connectivity index (χ2n) is 5.12. The van der Waals surface area contributed by atoms with Gasteiger partial charge in [-0.25, -0.2) is 8.42 Å². The maximum Gasteiger partial charge on any atom is 0.460 e. The van der Waals surface area contributed by atoms with Crippen LogP contribution in [0.25, 0.3) is 0 Å². The lowest BCUT2D eigenvalue weighted by molar-refractivity contribution is -0.382. The molecule has 150 valence electrons. The van der Waals surface area contributed by atoms with Gasteiger partial charge in [-0.05, 0) is 19.4 Å². The van der Waals surface area contributed by atoms with Crippen LogP contribution in [0.3, 0.4) is 0 Å². The molecular formula is C12H17F9NO2S+. The SMILES string of the molecule is [CH2+]CN(CC)CCCCS(=O)(=O)C(F)(F)C(F)(F)C(F)(F)C(F)(F)F. The molecule has 0 fully saturated rings. The summed E-state index contributed by atoms with van der Waals surface area (Å²) in [6.07, 6.45) is -7.76. The van der Waals surface area contributed by atoms with Crippen molar-refractivity contribution >= 4 is 9.84 Å². The van der Waals surface area contributed by atoms with E-state index in [-0.39, 0.29) is 19.5 Å². The van der Waals surface area contributed by atoms with Crippen LogP contribution < -0.4 is 0 Å². The molecule has 0 aliphatic heterocycles. The summed E-state index contributed by atoms with van der Waals surface area (Å²) in [5.41, 5.74) is 0. The molecule has 0 saturated carbocycles. The molecule has 0 heterocycles. The summed E-state index contributed by atoms with van der Waals surface area (Å²) in [6, 6.07) is 0. The van der Waals surface area contributed by atoms with Crippen LogP contribution in [0, 0.1) is 6.92 Å². The van der Waals surface area contributed by atoms with Crippen molar-refractivity contribution < 1.29 is 47.9 Å². The fraction of sp³-hybridized carbons (Fsp3) is 0.917. The molecule has 0 amide bonds. The van der Waals surface area contributed by atoms with Gasteiger partial charge in [0.25, 0.3) is 0 Å². The Morgan fingerprint density at radius 3 is 1.72 bits per heavy atom. The Morgan fingerprint density at radius 1 is 0.880 bits per heavy atom. The van der Waals surface area contributed by atoms with Gasteiger partial charge in [0.15, 0.2) is 0 Å². The third-order valence-corrected chi connectivity index (χ3v) is 5.27. The normalized spacial score (nSPS) is 15.0. The van der Waals surface area contributed by atoms with Crippen molar-refractivity contribution in [2.45, 2.75) is 43.0 Å². The molecule has 0 aromatic heterocycles. The van der Waals surface area contributed by atoms with Crippen LogP contribution >= 0.6 is 0 Å². The summed E-state index contributed by atoms with van der Waals surface area (Å²) in [6.45, 7) is 6.13. The van der Waals surface area contributed by atoms with Gasteiger partial charge in [0, 0.05) is 6.54 Å². The van der Waals surface area contributed by atoms with E-state index in [1.807, 2.05) is 0 Å². The van der Waals surface area contributed by atoms with Crippen LogP contribution in [0.4, 0.5) is 39.5 Å². The number of hydrogen-bond donors (Lipinski definition) is 0. The lowest BCUT2D eigenvalue weighted by Crippen LogP contribution is -2.63. The highest BCUT2D eigenvalue weighted by Gasteiger charge is 2.84. The van der Waals surface area contributed by atoms with Crippen molar-refractivity contribution in [3.63, 3.8) is 0 Å². The standard InChI is InChI=1S/C12H17F9NO2S/c1-3-22(4-2)7-5-6-8-25(23,24)12(20,21)10(15,16)9(13,14)11(17,18)19/h1,3-8H2,2H3/q+1. The lowest BCUT2D eigenvalue weighted by Gasteiger charge is -2.33. The lowest BCUT2D eigenvalue weighted by atomic mass is 10.1. The Balaban J connectivity index is 5.28. The van der Waals surface area contributed by atoms with E-state index in [1.165, 1.54) is 0 Å². The van der Waals surface area contributed by atoms with Gasteiger partial charge in [0.05, 0.1) is 12.7 Å². The molecular weight excluding hydrogens is 393 g/mol. The van der Waals surface area contributed by atoms with E-state index in [9.17, 15) is 47.9 Å². The van der Waals surface area contributed by atoms with Crippen LogP contribution in [0.15, 0.2) is 0 Å². The van der Waals surface area contributed by atoms with Gasteiger partial charge in [-0.3, -0.25) is 4.90 Å². The summed E-state index contributed by atoms with van der Waals surface area (Å²) in [4.78, 5) is 1.64. The van der Waals surface area contributed by atoms with Gasteiger partial charge in [0.1, 0.15) is 6.54 Å². The number of hydrogen-bond acceptors (Lipinski definition) is 3. The van der Waals surface area contributed by atoms with Gasteiger partial charge in [-0.2, -0.15) is 39.5 Å². The molecule has 0 saturated heterocycles. The van der Waals surface area contributed by atoms with Crippen LogP contribution in [-0.2, 0) is 9.84 Å². The second-order valence-corrected chi connectivity index (χ2v) is 7.27. The topological polar surface area (TPSA) is 37.4 Å². The Morgan fingerprint density at radius 2 is 1.36 bits per heavy atom. The summed E-state index contributed by atoms with van der Waals surface area (Å²) in [5, 5.41) is -6.59. The predicted molar refractivity (Wildman–Crippen MR) is 71.4 cm³/mol. The first-order valence-corrected chi connectivity index (χ1v) is 8.59. The highest BCUT2D eigenvalue weighted by Crippen LogP contribution is 2.54. The average molecular weight is 410 g/mol. The fourth-order valence-electron chi connectivity index (χ4n) is 1.74. The predicted octanol–water partition coefficient (Wildman–Crippen LogP) is 3.76. The first kappa shape index (κ1) is 24.1. The molecule has 0 atom stereocenters. The van der Waals surface area contributed by atoms with E-state index in [0.717, 1.165) is 0 Å². The molecule has 0 aromatic rings. The molecule has 0 spiro atoms. The third-order valence-electron chi connectivity index (χ3n) is 3.41. The fourth-order valence-corrected chi connectivity index (χ4v) is 3.10. The zero-order valence-corrected chi connectivity index (χ0v) is 13.8. The quantitative estimate of drug-likeness (QED) is 0.313. The van der Waals surface area contributed by atoms with Crippen LogP contribution in [0.1, 0.15) is 19.8 Å². The van der Waals surface area contributed by atoms with Crippen LogP contribution in [-0.4, -0.2) is 62.0 Å². The highest BCUT2D eigenvalue weighted by molar-refractivity contribution is 7.92. The average Bonchev–Trinajstić information content (AvgIpc) is 2.45. The monoisotopic (exact) mass is 410 g/mol. The van der Waals surface area contributed by atoms with Crippen LogP contribution in [0.2, 0.25) is 0 Å². The van der Waals surface area contributed by atoms with Crippen molar-refractivity contribution in [2.24, 2.45) is 0 Å². The number of rotatable bonds is 10. The minimum atomic E-state index is -7.22. The van der Waals surface area contributed by atoms with E-state index in [4.69, 9.17) is 0 Å². The van der Waals surface area contributed by atoms with Crippen molar-refractivity contribution in [3.05, 3.63) is 6.92 Å². The minimum absolute atomic E-state index is 0.0834. The second kappa shape index (κ2) is 7.80. The van der Waals surface area contributed by atoms with E-state index in [1.54, 1.807) is 11.8 Å². The van der Waals surface area contributed by atoms with Crippen LogP contribution in [0.5, 0.6) is 0 Å². The third kappa shape index (κ3) is 4.66. The Kier molecular flexibility index (Phi) is 7.54. The first-order chi connectivity index (χ1) is 11.0. The Bertz CT molecular complexity index is 527. The minimum Gasteiger partial charge on any atom is -0.266 e. The zero-order chi connectivity index (χ0) is 20.3. The van der Waals surface area contributed by atoms with Gasteiger partial charge < -0.3 is 0 Å². The van der Waals surface area contributed by atoms with Crippen molar-refractivity contribution in [3.8, 4) is 0 Å².